The van der Waals surface area contributed by atoms with E-state index < -0.39 is 16.1 Å². The van der Waals surface area contributed by atoms with Crippen LogP contribution in [0.3, 0.4) is 0 Å². The Bertz CT molecular complexity index is 1030. The second-order valence-corrected chi connectivity index (χ2v) is 10.3. The summed E-state index contributed by atoms with van der Waals surface area (Å²) >= 11 is 0. The molecule has 2 amide bonds. The quantitative estimate of drug-likeness (QED) is 0.542. The molecule has 180 valence electrons. The smallest absolute Gasteiger partial charge is 0.242 e. The number of amides is 2. The number of hydrogen-bond donors (Lipinski definition) is 1. The first-order valence-electron chi connectivity index (χ1n) is 11.2. The Morgan fingerprint density at radius 2 is 1.64 bits per heavy atom. The van der Waals surface area contributed by atoms with Crippen molar-refractivity contribution in [1.29, 1.82) is 0 Å². The molecule has 33 heavy (non-hydrogen) atoms. The van der Waals surface area contributed by atoms with Gasteiger partial charge in [0.05, 0.1) is 11.9 Å². The number of carbonyl (C=O) groups excluding carboxylic acids is 2. The molecule has 0 fully saturated rings. The number of sulfonamides is 1. The molecule has 0 saturated heterocycles. The minimum atomic E-state index is -3.51. The minimum absolute atomic E-state index is 0.132. The van der Waals surface area contributed by atoms with Crippen molar-refractivity contribution in [2.75, 3.05) is 23.7 Å². The Kier molecular flexibility index (Phi) is 9.46. The largest absolute Gasteiger partial charge is 0.355 e. The third-order valence-electron chi connectivity index (χ3n) is 5.36. The van der Waals surface area contributed by atoms with Crippen molar-refractivity contribution in [2.24, 2.45) is 0 Å². The van der Waals surface area contributed by atoms with E-state index in [2.05, 4.69) is 5.32 Å². The number of likely N-dealkylation sites (N-methyl/N-ethyl adjacent to an activating group) is 1. The summed E-state index contributed by atoms with van der Waals surface area (Å²) < 4.78 is 26.2. The fourth-order valence-electron chi connectivity index (χ4n) is 3.78. The average Bonchev–Trinajstić information content (AvgIpc) is 2.73. The minimum Gasteiger partial charge on any atom is -0.355 e. The lowest BCUT2D eigenvalue weighted by Crippen LogP contribution is -2.47. The maximum atomic E-state index is 13.2. The number of aryl methyl sites for hydroxylation is 2. The molecule has 0 aliphatic carbocycles. The molecule has 0 aliphatic rings. The topological polar surface area (TPSA) is 86.8 Å². The van der Waals surface area contributed by atoms with Crippen LogP contribution in [0.1, 0.15) is 43.4 Å². The third kappa shape index (κ3) is 7.89. The van der Waals surface area contributed by atoms with E-state index in [4.69, 9.17) is 0 Å². The van der Waals surface area contributed by atoms with E-state index in [-0.39, 0.29) is 24.8 Å². The van der Waals surface area contributed by atoms with E-state index in [1.807, 2.05) is 69.3 Å². The van der Waals surface area contributed by atoms with Gasteiger partial charge in [-0.1, -0.05) is 36.4 Å². The zero-order valence-corrected chi connectivity index (χ0v) is 21.0. The molecule has 1 N–H and O–H groups in total. The van der Waals surface area contributed by atoms with Gasteiger partial charge in [-0.2, -0.15) is 0 Å². The molecule has 0 aromatic heterocycles. The van der Waals surface area contributed by atoms with Gasteiger partial charge < -0.3 is 10.2 Å². The van der Waals surface area contributed by atoms with Crippen molar-refractivity contribution in [2.45, 2.75) is 53.1 Å². The molecule has 0 saturated carbocycles. The Labute approximate surface area is 197 Å². The van der Waals surface area contributed by atoms with Crippen molar-refractivity contribution in [1.82, 2.24) is 10.2 Å². The van der Waals surface area contributed by atoms with Crippen LogP contribution in [0.25, 0.3) is 0 Å². The maximum absolute atomic E-state index is 13.2. The van der Waals surface area contributed by atoms with Crippen molar-refractivity contribution in [3.8, 4) is 0 Å². The number of rotatable bonds is 11. The van der Waals surface area contributed by atoms with Gasteiger partial charge in [0.1, 0.15) is 6.04 Å². The number of anilines is 1. The van der Waals surface area contributed by atoms with E-state index in [0.29, 0.717) is 25.2 Å². The average molecular weight is 474 g/mol. The number of nitrogens with zero attached hydrogens (tertiary/aromatic N) is 2. The lowest BCUT2D eigenvalue weighted by molar-refractivity contribution is -0.140. The van der Waals surface area contributed by atoms with Gasteiger partial charge in [0, 0.05) is 26.1 Å². The van der Waals surface area contributed by atoms with Gasteiger partial charge in [-0.25, -0.2) is 8.42 Å². The summed E-state index contributed by atoms with van der Waals surface area (Å²) in [5, 5.41) is 2.77. The molecular weight excluding hydrogens is 438 g/mol. The van der Waals surface area contributed by atoms with Gasteiger partial charge in [0.2, 0.25) is 21.8 Å². The second-order valence-electron chi connectivity index (χ2n) is 8.36. The van der Waals surface area contributed by atoms with Crippen LogP contribution in [0.5, 0.6) is 0 Å². The van der Waals surface area contributed by atoms with Gasteiger partial charge in [-0.3, -0.25) is 13.9 Å². The number of carbonyl (C=O) groups is 2. The van der Waals surface area contributed by atoms with Crippen LogP contribution in [0.15, 0.2) is 48.5 Å². The molecular formula is C25H35N3O4S. The standard InChI is InChI=1S/C25H35N3O4S/c1-6-26-25(30)21(4)27(18-22-11-8-7-9-12-22)24(29)13-10-14-28(33(5,31)32)23-16-19(2)15-20(3)17-23/h7-9,11-12,15-17,21H,6,10,13-14,18H2,1-5H3,(H,26,30)/t21-/m1/s1. The molecule has 0 aliphatic heterocycles. The van der Waals surface area contributed by atoms with Crippen LogP contribution in [-0.2, 0) is 26.2 Å². The Morgan fingerprint density at radius 1 is 1.03 bits per heavy atom. The molecule has 2 rings (SSSR count). The first kappa shape index (κ1) is 26.4. The molecule has 0 unspecified atom stereocenters. The second kappa shape index (κ2) is 11.8. The van der Waals surface area contributed by atoms with Crippen LogP contribution in [0.2, 0.25) is 0 Å². The van der Waals surface area contributed by atoms with Crippen molar-refractivity contribution in [3.05, 3.63) is 65.2 Å². The fourth-order valence-corrected chi connectivity index (χ4v) is 4.73. The molecule has 7 nitrogen and oxygen atoms in total. The van der Waals surface area contributed by atoms with E-state index in [1.165, 1.54) is 10.6 Å². The predicted octanol–water partition coefficient (Wildman–Crippen LogP) is 3.40. The highest BCUT2D eigenvalue weighted by Gasteiger charge is 2.26. The zero-order chi connectivity index (χ0) is 24.6. The van der Waals surface area contributed by atoms with Crippen LogP contribution >= 0.6 is 0 Å². The highest BCUT2D eigenvalue weighted by Crippen LogP contribution is 2.22. The van der Waals surface area contributed by atoms with Gasteiger partial charge in [-0.15, -0.1) is 0 Å². The van der Waals surface area contributed by atoms with E-state index >= 15 is 0 Å². The molecule has 0 radical (unpaired) electrons. The summed E-state index contributed by atoms with van der Waals surface area (Å²) in [4.78, 5) is 27.2. The highest BCUT2D eigenvalue weighted by atomic mass is 32.2. The highest BCUT2D eigenvalue weighted by molar-refractivity contribution is 7.92. The van der Waals surface area contributed by atoms with Gasteiger partial charge in [-0.05, 0) is 62.9 Å². The summed E-state index contributed by atoms with van der Waals surface area (Å²) in [5.74, 6) is -0.402. The molecule has 1 atom stereocenters. The first-order valence-corrected chi connectivity index (χ1v) is 13.0. The molecule has 2 aromatic carbocycles. The monoisotopic (exact) mass is 473 g/mol. The Morgan fingerprint density at radius 3 is 2.18 bits per heavy atom. The summed E-state index contributed by atoms with van der Waals surface area (Å²) in [5.41, 5.74) is 3.47. The Balaban J connectivity index is 2.15. The fraction of sp³-hybridized carbons (Fsp3) is 0.440. The SMILES string of the molecule is CCNC(=O)[C@@H](C)N(Cc1ccccc1)C(=O)CCCN(c1cc(C)cc(C)c1)S(C)(=O)=O. The predicted molar refractivity (Wildman–Crippen MR) is 132 cm³/mol. The molecule has 0 spiro atoms. The van der Waals surface area contributed by atoms with Crippen molar-refractivity contribution < 1.29 is 18.0 Å². The normalized spacial score (nSPS) is 12.2. The summed E-state index contributed by atoms with van der Waals surface area (Å²) in [6.07, 6.45) is 1.64. The molecule has 0 bridgehead atoms. The summed E-state index contributed by atoms with van der Waals surface area (Å²) in [6.45, 7) is 8.36. The van der Waals surface area contributed by atoms with Crippen LogP contribution < -0.4 is 9.62 Å². The van der Waals surface area contributed by atoms with Crippen LogP contribution in [0, 0.1) is 13.8 Å². The molecule has 2 aromatic rings. The maximum Gasteiger partial charge on any atom is 0.242 e. The molecule has 8 heteroatoms. The summed E-state index contributed by atoms with van der Waals surface area (Å²) in [6, 6.07) is 14.5. The zero-order valence-electron chi connectivity index (χ0n) is 20.2. The summed E-state index contributed by atoms with van der Waals surface area (Å²) in [7, 11) is -3.51. The molecule has 0 heterocycles. The van der Waals surface area contributed by atoms with E-state index in [1.54, 1.807) is 11.8 Å². The number of hydrogen-bond acceptors (Lipinski definition) is 4. The number of benzene rings is 2. The lowest BCUT2D eigenvalue weighted by Gasteiger charge is -2.29. The van der Waals surface area contributed by atoms with Gasteiger partial charge in [0.25, 0.3) is 0 Å². The van der Waals surface area contributed by atoms with Crippen LogP contribution in [0.4, 0.5) is 5.69 Å². The van der Waals surface area contributed by atoms with Gasteiger partial charge in [0.15, 0.2) is 0 Å². The van der Waals surface area contributed by atoms with Gasteiger partial charge >= 0.3 is 0 Å². The van der Waals surface area contributed by atoms with E-state index in [0.717, 1.165) is 16.7 Å². The lowest BCUT2D eigenvalue weighted by atomic mass is 10.1. The van der Waals surface area contributed by atoms with Crippen LogP contribution in [-0.4, -0.2) is 50.5 Å². The number of nitrogens with one attached hydrogen (secondary N) is 1. The Hall–Kier alpha value is -2.87. The first-order chi connectivity index (χ1) is 15.5. The van der Waals surface area contributed by atoms with E-state index in [9.17, 15) is 18.0 Å². The van der Waals surface area contributed by atoms with Crippen molar-refractivity contribution >= 4 is 27.5 Å². The van der Waals surface area contributed by atoms with Crippen molar-refractivity contribution in [3.63, 3.8) is 0 Å². The third-order valence-corrected chi connectivity index (χ3v) is 6.55.